The maximum Gasteiger partial charge on any atom is 0.306 e. The standard InChI is InChI=1S/C29H38ClN3O6/c1-20-29(16-14-25(35)39-28(2,3)4,27(36)33-31-17-15-21-6-10-23(30)11-7-21)32-26(38-20)22-8-12-24(13-9-22)37-19-5-18-34/h6-13,20,31,34H,5,14-19H2,1-4H3,(H,33,36)/t20-,29-/m0/s1. The molecule has 0 saturated heterocycles. The average molecular weight is 560 g/mol. The lowest BCUT2D eigenvalue weighted by Crippen LogP contribution is -2.55. The Morgan fingerprint density at radius 2 is 1.82 bits per heavy atom. The zero-order chi connectivity index (χ0) is 28.5. The predicted octanol–water partition coefficient (Wildman–Crippen LogP) is 3.99. The molecule has 0 bridgehead atoms. The van der Waals surface area contributed by atoms with Crippen LogP contribution in [0.25, 0.3) is 0 Å². The van der Waals surface area contributed by atoms with Gasteiger partial charge in [0.2, 0.25) is 5.90 Å². The van der Waals surface area contributed by atoms with Gasteiger partial charge in [0, 0.05) is 36.6 Å². The van der Waals surface area contributed by atoms with Gasteiger partial charge in [0.15, 0.2) is 5.54 Å². The smallest absolute Gasteiger partial charge is 0.306 e. The normalized spacial score (nSPS) is 18.7. The molecule has 1 aliphatic rings. The summed E-state index contributed by atoms with van der Waals surface area (Å²) in [5.74, 6) is 0.154. The Labute approximate surface area is 234 Å². The summed E-state index contributed by atoms with van der Waals surface area (Å²) in [6, 6.07) is 14.7. The topological polar surface area (TPSA) is 118 Å². The van der Waals surface area contributed by atoms with E-state index in [1.165, 1.54) is 0 Å². The number of carbonyl (C=O) groups excluding carboxylic acids is 2. The van der Waals surface area contributed by atoms with Crippen LogP contribution >= 0.6 is 11.6 Å². The van der Waals surface area contributed by atoms with Crippen molar-refractivity contribution in [2.45, 2.75) is 70.6 Å². The van der Waals surface area contributed by atoms with Crippen molar-refractivity contribution in [1.29, 1.82) is 0 Å². The molecule has 1 amide bonds. The molecule has 3 rings (SSSR count). The van der Waals surface area contributed by atoms with Gasteiger partial charge in [-0.05, 0) is 82.5 Å². The fourth-order valence-electron chi connectivity index (χ4n) is 4.05. The minimum atomic E-state index is -1.34. The molecule has 2 atom stereocenters. The molecule has 0 fully saturated rings. The van der Waals surface area contributed by atoms with Crippen molar-refractivity contribution < 1.29 is 28.9 Å². The summed E-state index contributed by atoms with van der Waals surface area (Å²) in [6.45, 7) is 8.11. The first kappa shape index (κ1) is 30.4. The van der Waals surface area contributed by atoms with Crippen LogP contribution in [0.1, 0.15) is 58.1 Å². The number of nitrogens with zero attached hydrogens (tertiary/aromatic N) is 1. The zero-order valence-electron chi connectivity index (χ0n) is 23.0. The van der Waals surface area contributed by atoms with Gasteiger partial charge < -0.3 is 19.3 Å². The fraction of sp³-hybridized carbons (Fsp3) is 0.483. The van der Waals surface area contributed by atoms with Crippen LogP contribution in [0.2, 0.25) is 5.02 Å². The summed E-state index contributed by atoms with van der Waals surface area (Å²) in [7, 11) is 0. The van der Waals surface area contributed by atoms with Gasteiger partial charge in [-0.1, -0.05) is 23.7 Å². The number of aliphatic imine (C=N–C) groups is 1. The molecule has 39 heavy (non-hydrogen) atoms. The molecule has 3 N–H and O–H groups in total. The van der Waals surface area contributed by atoms with Crippen molar-refractivity contribution in [3.05, 3.63) is 64.7 Å². The second kappa shape index (κ2) is 13.8. The van der Waals surface area contributed by atoms with E-state index < -0.39 is 29.1 Å². The summed E-state index contributed by atoms with van der Waals surface area (Å²) >= 11 is 5.95. The molecule has 10 heteroatoms. The second-order valence-electron chi connectivity index (χ2n) is 10.4. The van der Waals surface area contributed by atoms with Crippen molar-refractivity contribution >= 4 is 29.4 Å². The predicted molar refractivity (Wildman–Crippen MR) is 150 cm³/mol. The highest BCUT2D eigenvalue weighted by Crippen LogP contribution is 2.33. The molecule has 0 unspecified atom stereocenters. The molecule has 2 aromatic carbocycles. The van der Waals surface area contributed by atoms with Crippen LogP contribution in [0.5, 0.6) is 5.75 Å². The van der Waals surface area contributed by atoms with E-state index in [0.717, 1.165) is 5.56 Å². The Morgan fingerprint density at radius 1 is 1.13 bits per heavy atom. The SMILES string of the molecule is C[C@@H]1OC(c2ccc(OCCCO)cc2)=N[C@]1(CCC(=O)OC(C)(C)C)C(=O)NNCCc1ccc(Cl)cc1. The van der Waals surface area contributed by atoms with E-state index in [1.807, 2.05) is 24.3 Å². The number of amides is 1. The molecule has 0 saturated carbocycles. The molecule has 0 aliphatic carbocycles. The van der Waals surface area contributed by atoms with Crippen LogP contribution in [0, 0.1) is 0 Å². The lowest BCUT2D eigenvalue weighted by atomic mass is 9.88. The van der Waals surface area contributed by atoms with Gasteiger partial charge >= 0.3 is 5.97 Å². The first-order valence-electron chi connectivity index (χ1n) is 13.1. The number of aliphatic hydroxyl groups is 1. The number of hydrazine groups is 1. The summed E-state index contributed by atoms with van der Waals surface area (Å²) in [5, 5.41) is 9.60. The zero-order valence-corrected chi connectivity index (χ0v) is 23.7. The second-order valence-corrected chi connectivity index (χ2v) is 10.8. The number of hydrogen-bond donors (Lipinski definition) is 3. The van der Waals surface area contributed by atoms with E-state index in [1.54, 1.807) is 52.0 Å². The highest BCUT2D eigenvalue weighted by molar-refractivity contribution is 6.30. The van der Waals surface area contributed by atoms with Crippen LogP contribution in [0.15, 0.2) is 53.5 Å². The Hall–Kier alpha value is -3.14. The molecule has 0 aromatic heterocycles. The maximum absolute atomic E-state index is 13.5. The molecule has 9 nitrogen and oxygen atoms in total. The van der Waals surface area contributed by atoms with Crippen molar-refractivity contribution in [2.24, 2.45) is 4.99 Å². The highest BCUT2D eigenvalue weighted by atomic mass is 35.5. The molecular weight excluding hydrogens is 522 g/mol. The third-order valence-corrected chi connectivity index (χ3v) is 6.36. The molecule has 0 spiro atoms. The monoisotopic (exact) mass is 559 g/mol. The molecule has 1 heterocycles. The quantitative estimate of drug-likeness (QED) is 0.193. The summed E-state index contributed by atoms with van der Waals surface area (Å²) < 4.78 is 17.1. The number of carbonyl (C=O) groups is 2. The van der Waals surface area contributed by atoms with E-state index in [0.29, 0.717) is 48.2 Å². The average Bonchev–Trinajstić information content (AvgIpc) is 3.23. The minimum Gasteiger partial charge on any atom is -0.494 e. The summed E-state index contributed by atoms with van der Waals surface area (Å²) in [6.07, 6.45) is 0.693. The lowest BCUT2D eigenvalue weighted by molar-refractivity contribution is -0.155. The van der Waals surface area contributed by atoms with Gasteiger partial charge in [0.05, 0.1) is 6.61 Å². The summed E-state index contributed by atoms with van der Waals surface area (Å²) in [5.41, 5.74) is 5.52. The van der Waals surface area contributed by atoms with Crippen molar-refractivity contribution in [2.75, 3.05) is 19.8 Å². The Balaban J connectivity index is 1.73. The van der Waals surface area contributed by atoms with Crippen molar-refractivity contribution in [1.82, 2.24) is 10.9 Å². The number of esters is 1. The first-order chi connectivity index (χ1) is 18.5. The number of halogens is 1. The van der Waals surface area contributed by atoms with Crippen LogP contribution in [-0.4, -0.2) is 59.9 Å². The fourth-order valence-corrected chi connectivity index (χ4v) is 4.17. The van der Waals surface area contributed by atoms with E-state index in [4.69, 9.17) is 35.9 Å². The van der Waals surface area contributed by atoms with E-state index >= 15 is 0 Å². The van der Waals surface area contributed by atoms with Gasteiger partial charge in [0.25, 0.3) is 5.91 Å². The lowest BCUT2D eigenvalue weighted by Gasteiger charge is -2.28. The Morgan fingerprint density at radius 3 is 2.46 bits per heavy atom. The number of hydrogen-bond acceptors (Lipinski definition) is 8. The van der Waals surface area contributed by atoms with Gasteiger partial charge in [-0.15, -0.1) is 0 Å². The Bertz CT molecular complexity index is 1130. The van der Waals surface area contributed by atoms with Gasteiger partial charge in [-0.3, -0.25) is 15.0 Å². The number of ether oxygens (including phenoxy) is 3. The molecule has 2 aromatic rings. The van der Waals surface area contributed by atoms with Crippen LogP contribution < -0.4 is 15.6 Å². The third kappa shape index (κ3) is 8.95. The van der Waals surface area contributed by atoms with Gasteiger partial charge in [0.1, 0.15) is 17.5 Å². The highest BCUT2D eigenvalue weighted by Gasteiger charge is 2.50. The first-order valence-corrected chi connectivity index (χ1v) is 13.5. The largest absolute Gasteiger partial charge is 0.494 e. The van der Waals surface area contributed by atoms with Crippen LogP contribution in [0.3, 0.4) is 0 Å². The van der Waals surface area contributed by atoms with Crippen LogP contribution in [0.4, 0.5) is 0 Å². The number of benzene rings is 2. The van der Waals surface area contributed by atoms with Crippen molar-refractivity contribution in [3.63, 3.8) is 0 Å². The third-order valence-electron chi connectivity index (χ3n) is 6.11. The molecule has 1 aliphatic heterocycles. The van der Waals surface area contributed by atoms with E-state index in [2.05, 4.69) is 10.9 Å². The van der Waals surface area contributed by atoms with Crippen molar-refractivity contribution in [3.8, 4) is 5.75 Å². The van der Waals surface area contributed by atoms with E-state index in [-0.39, 0.29) is 19.4 Å². The molecule has 0 radical (unpaired) electrons. The number of nitrogens with one attached hydrogen (secondary N) is 2. The van der Waals surface area contributed by atoms with Gasteiger partial charge in [-0.25, -0.2) is 10.4 Å². The van der Waals surface area contributed by atoms with E-state index in [9.17, 15) is 9.59 Å². The number of rotatable bonds is 13. The summed E-state index contributed by atoms with van der Waals surface area (Å²) in [4.78, 5) is 30.8. The minimum absolute atomic E-state index is 0.00240. The molecular formula is C29H38ClN3O6. The number of aliphatic hydroxyl groups excluding tert-OH is 1. The maximum atomic E-state index is 13.5. The van der Waals surface area contributed by atoms with Gasteiger partial charge in [-0.2, -0.15) is 0 Å². The Kier molecular flexibility index (Phi) is 10.7. The molecule has 212 valence electrons. The van der Waals surface area contributed by atoms with Crippen LogP contribution in [-0.2, 0) is 25.5 Å².